The number of benzene rings is 2. The molecule has 0 bridgehead atoms. The van der Waals surface area contributed by atoms with Crippen LogP contribution in [0, 0.1) is 6.92 Å². The highest BCUT2D eigenvalue weighted by molar-refractivity contribution is 7.98. The van der Waals surface area contributed by atoms with E-state index in [4.69, 9.17) is 12.2 Å². The lowest BCUT2D eigenvalue weighted by atomic mass is 10.0. The zero-order valence-corrected chi connectivity index (χ0v) is 18.5. The maximum atomic E-state index is 11.3. The lowest BCUT2D eigenvalue weighted by Gasteiger charge is -2.20. The van der Waals surface area contributed by atoms with E-state index < -0.39 is 12.0 Å². The van der Waals surface area contributed by atoms with Gasteiger partial charge in [0.2, 0.25) is 0 Å². The molecule has 0 aliphatic rings. The van der Waals surface area contributed by atoms with E-state index in [0.717, 1.165) is 32.4 Å². The molecule has 1 aromatic heterocycles. The standard InChI is InChI=1S/C21H21N3O2S3/c1-13-22-19(12-29-13)15-4-3-5-16(10-15)23-21(27)24-18(11-20(25)26)14-6-8-17(28-2)9-7-14/h3-10,12,18H,11H2,1-2H3,(H,25,26)(H2,23,24,27)/t18-/m1/s1. The zero-order valence-electron chi connectivity index (χ0n) is 16.0. The molecular weight excluding hydrogens is 422 g/mol. The minimum absolute atomic E-state index is 0.0709. The number of nitrogens with zero attached hydrogens (tertiary/aromatic N) is 1. The third kappa shape index (κ3) is 6.03. The summed E-state index contributed by atoms with van der Waals surface area (Å²) in [4.78, 5) is 17.0. The van der Waals surface area contributed by atoms with Crippen LogP contribution in [0.15, 0.2) is 58.8 Å². The van der Waals surface area contributed by atoms with Crippen molar-refractivity contribution in [1.29, 1.82) is 0 Å². The van der Waals surface area contributed by atoms with Crippen LogP contribution in [0.4, 0.5) is 5.69 Å². The maximum Gasteiger partial charge on any atom is 0.305 e. The number of nitrogens with one attached hydrogen (secondary N) is 2. The third-order valence-corrected chi connectivity index (χ3v) is 5.97. The van der Waals surface area contributed by atoms with Gasteiger partial charge in [-0.2, -0.15) is 0 Å². The van der Waals surface area contributed by atoms with E-state index in [1.54, 1.807) is 23.1 Å². The summed E-state index contributed by atoms with van der Waals surface area (Å²) in [5.74, 6) is -0.889. The maximum absolute atomic E-state index is 11.3. The van der Waals surface area contributed by atoms with Gasteiger partial charge in [0, 0.05) is 21.5 Å². The number of thiocarbonyl (C=S) groups is 1. The number of carbonyl (C=O) groups is 1. The van der Waals surface area contributed by atoms with Gasteiger partial charge in [0.1, 0.15) is 0 Å². The Morgan fingerprint density at radius 2 is 2.03 bits per heavy atom. The molecule has 3 rings (SSSR count). The molecule has 0 saturated heterocycles. The van der Waals surface area contributed by atoms with Gasteiger partial charge < -0.3 is 15.7 Å². The first-order valence-corrected chi connectivity index (χ1v) is 11.4. The van der Waals surface area contributed by atoms with Crippen molar-refractivity contribution in [3.8, 4) is 11.3 Å². The van der Waals surface area contributed by atoms with Crippen molar-refractivity contribution in [2.45, 2.75) is 24.3 Å². The Labute approximate surface area is 183 Å². The first-order chi connectivity index (χ1) is 13.9. The molecule has 1 atom stereocenters. The Balaban J connectivity index is 1.72. The minimum atomic E-state index is -0.889. The van der Waals surface area contributed by atoms with E-state index in [-0.39, 0.29) is 6.42 Å². The van der Waals surface area contributed by atoms with Gasteiger partial charge >= 0.3 is 5.97 Å². The zero-order chi connectivity index (χ0) is 20.8. The molecule has 3 N–H and O–H groups in total. The first kappa shape index (κ1) is 21.3. The van der Waals surface area contributed by atoms with E-state index in [0.29, 0.717) is 5.11 Å². The molecule has 2 aromatic carbocycles. The Kier molecular flexibility index (Phi) is 7.24. The highest BCUT2D eigenvalue weighted by atomic mass is 32.2. The average molecular weight is 444 g/mol. The Hall–Kier alpha value is -2.42. The predicted octanol–water partition coefficient (Wildman–Crippen LogP) is 5.34. The van der Waals surface area contributed by atoms with Crippen molar-refractivity contribution in [3.63, 3.8) is 0 Å². The van der Waals surface area contributed by atoms with E-state index >= 15 is 0 Å². The molecule has 8 heteroatoms. The number of thiazole rings is 1. The average Bonchev–Trinajstić information content (AvgIpc) is 3.14. The molecule has 0 aliphatic carbocycles. The van der Waals surface area contributed by atoms with Crippen LogP contribution in [0.3, 0.4) is 0 Å². The number of aryl methyl sites for hydroxylation is 1. The highest BCUT2D eigenvalue weighted by Gasteiger charge is 2.17. The van der Waals surface area contributed by atoms with Crippen LogP contribution < -0.4 is 10.6 Å². The van der Waals surface area contributed by atoms with Crippen molar-refractivity contribution < 1.29 is 9.90 Å². The minimum Gasteiger partial charge on any atom is -0.481 e. The first-order valence-electron chi connectivity index (χ1n) is 8.90. The number of hydrogen-bond acceptors (Lipinski definition) is 5. The van der Waals surface area contributed by atoms with Gasteiger partial charge in [-0.05, 0) is 55.2 Å². The summed E-state index contributed by atoms with van der Waals surface area (Å²) in [7, 11) is 0. The van der Waals surface area contributed by atoms with Gasteiger partial charge in [-0.15, -0.1) is 23.1 Å². The number of thioether (sulfide) groups is 1. The van der Waals surface area contributed by atoms with Gasteiger partial charge in [0.25, 0.3) is 0 Å². The molecule has 0 unspecified atom stereocenters. The lowest BCUT2D eigenvalue weighted by Crippen LogP contribution is -2.33. The van der Waals surface area contributed by atoms with E-state index in [9.17, 15) is 9.90 Å². The smallest absolute Gasteiger partial charge is 0.305 e. The number of hydrogen-bond donors (Lipinski definition) is 3. The quantitative estimate of drug-likeness (QED) is 0.336. The van der Waals surface area contributed by atoms with Crippen molar-refractivity contribution in [3.05, 3.63) is 64.5 Å². The molecule has 1 heterocycles. The SMILES string of the molecule is CSc1ccc([C@@H](CC(=O)O)NC(=S)Nc2cccc(-c3csc(C)n3)c2)cc1. The number of anilines is 1. The fraction of sp³-hybridized carbons (Fsp3) is 0.190. The molecule has 0 aliphatic heterocycles. The second-order valence-electron chi connectivity index (χ2n) is 6.35. The molecule has 0 radical (unpaired) electrons. The van der Waals surface area contributed by atoms with Crippen LogP contribution in [-0.2, 0) is 4.79 Å². The summed E-state index contributed by atoms with van der Waals surface area (Å²) in [5.41, 5.74) is 3.61. The van der Waals surface area contributed by atoms with Crippen LogP contribution in [0.5, 0.6) is 0 Å². The lowest BCUT2D eigenvalue weighted by molar-refractivity contribution is -0.137. The number of aliphatic carboxylic acids is 1. The summed E-state index contributed by atoms with van der Waals surface area (Å²) < 4.78 is 0. The molecule has 0 saturated carbocycles. The molecule has 3 aromatic rings. The van der Waals surface area contributed by atoms with E-state index in [1.165, 1.54) is 0 Å². The largest absolute Gasteiger partial charge is 0.481 e. The van der Waals surface area contributed by atoms with Crippen LogP contribution >= 0.6 is 35.3 Å². The number of rotatable bonds is 7. The van der Waals surface area contributed by atoms with E-state index in [1.807, 2.05) is 67.1 Å². The van der Waals surface area contributed by atoms with Crippen molar-refractivity contribution in [1.82, 2.24) is 10.3 Å². The molecular formula is C21H21N3O2S3. The predicted molar refractivity (Wildman–Crippen MR) is 125 cm³/mol. The van der Waals surface area contributed by atoms with Crippen molar-refractivity contribution in [2.24, 2.45) is 0 Å². The van der Waals surface area contributed by atoms with Gasteiger partial charge in [-0.3, -0.25) is 4.79 Å². The Morgan fingerprint density at radius 1 is 1.28 bits per heavy atom. The second kappa shape index (κ2) is 9.87. The number of carboxylic acids is 1. The number of carboxylic acid groups (broad SMARTS) is 1. The Morgan fingerprint density at radius 3 is 2.66 bits per heavy atom. The fourth-order valence-corrected chi connectivity index (χ4v) is 4.13. The van der Waals surface area contributed by atoms with Crippen molar-refractivity contribution >= 4 is 52.1 Å². The molecule has 29 heavy (non-hydrogen) atoms. The normalized spacial score (nSPS) is 11.7. The molecule has 0 fully saturated rings. The molecule has 5 nitrogen and oxygen atoms in total. The summed E-state index contributed by atoms with van der Waals surface area (Å²) in [5, 5.41) is 19.0. The van der Waals surface area contributed by atoms with Crippen LogP contribution in [-0.4, -0.2) is 27.4 Å². The topological polar surface area (TPSA) is 74.2 Å². The summed E-state index contributed by atoms with van der Waals surface area (Å²) >= 11 is 8.69. The second-order valence-corrected chi connectivity index (χ2v) is 8.70. The van der Waals surface area contributed by atoms with Gasteiger partial charge in [0.05, 0.1) is 23.2 Å². The van der Waals surface area contributed by atoms with Gasteiger partial charge in [0.15, 0.2) is 5.11 Å². The summed E-state index contributed by atoms with van der Waals surface area (Å²) in [6.07, 6.45) is 1.93. The van der Waals surface area contributed by atoms with E-state index in [2.05, 4.69) is 15.6 Å². The Bertz CT molecular complexity index is 1000. The monoisotopic (exact) mass is 443 g/mol. The van der Waals surface area contributed by atoms with Crippen LogP contribution in [0.1, 0.15) is 23.0 Å². The third-order valence-electron chi connectivity index (χ3n) is 4.24. The van der Waals surface area contributed by atoms with Crippen LogP contribution in [0.25, 0.3) is 11.3 Å². The van der Waals surface area contributed by atoms with Crippen LogP contribution in [0.2, 0.25) is 0 Å². The molecule has 0 amide bonds. The summed E-state index contributed by atoms with van der Waals surface area (Å²) in [6, 6.07) is 15.2. The number of aromatic nitrogens is 1. The molecule has 150 valence electrons. The van der Waals surface area contributed by atoms with Crippen molar-refractivity contribution in [2.75, 3.05) is 11.6 Å². The molecule has 0 spiro atoms. The van der Waals surface area contributed by atoms with Gasteiger partial charge in [-0.25, -0.2) is 4.98 Å². The highest BCUT2D eigenvalue weighted by Crippen LogP contribution is 2.25. The summed E-state index contributed by atoms with van der Waals surface area (Å²) in [6.45, 7) is 1.98. The van der Waals surface area contributed by atoms with Gasteiger partial charge in [-0.1, -0.05) is 24.3 Å². The fourth-order valence-electron chi connectivity index (χ4n) is 2.84.